The van der Waals surface area contributed by atoms with Gasteiger partial charge in [-0.25, -0.2) is 0 Å². The van der Waals surface area contributed by atoms with E-state index in [0.717, 1.165) is 44.9 Å². The highest BCUT2D eigenvalue weighted by molar-refractivity contribution is 5.76. The zero-order valence-corrected chi connectivity index (χ0v) is 59.9. The lowest BCUT2D eigenvalue weighted by atomic mass is 9.96. The van der Waals surface area contributed by atoms with Crippen LogP contribution in [-0.2, 0) is 33.2 Å². The van der Waals surface area contributed by atoms with E-state index in [1.165, 1.54) is 257 Å². The molecule has 17 atom stereocenters. The monoisotopic (exact) mass is 1360 g/mol. The van der Waals surface area contributed by atoms with Crippen molar-refractivity contribution in [3.05, 3.63) is 12.2 Å². The number of hydrogen-bond acceptors (Lipinski definition) is 18. The Morgan fingerprint density at radius 3 is 1.02 bits per heavy atom. The van der Waals surface area contributed by atoms with Gasteiger partial charge < -0.3 is 89.9 Å². The molecule has 0 spiro atoms. The smallest absolute Gasteiger partial charge is 0.220 e. The average molecular weight is 1360 g/mol. The number of nitrogens with one attached hydrogen (secondary N) is 1. The molecule has 1 amide bonds. The third kappa shape index (κ3) is 39.0. The van der Waals surface area contributed by atoms with Crippen molar-refractivity contribution >= 4 is 5.91 Å². The fourth-order valence-electron chi connectivity index (χ4n) is 13.7. The summed E-state index contributed by atoms with van der Waals surface area (Å²) in [5.74, 6) is -0.235. The second-order valence-corrected chi connectivity index (χ2v) is 28.5. The van der Waals surface area contributed by atoms with E-state index in [0.29, 0.717) is 12.8 Å². The Bertz CT molecular complexity index is 1770. The zero-order valence-electron chi connectivity index (χ0n) is 59.9. The van der Waals surface area contributed by atoms with Crippen molar-refractivity contribution in [1.29, 1.82) is 0 Å². The minimum Gasteiger partial charge on any atom is -0.394 e. The molecule has 3 rings (SSSR count). The molecular formula is C76H145NO18. The Balaban J connectivity index is 1.31. The predicted octanol–water partition coefficient (Wildman–Crippen LogP) is 12.4. The molecular weight excluding hydrogens is 1210 g/mol. The van der Waals surface area contributed by atoms with E-state index < -0.39 is 124 Å². The van der Waals surface area contributed by atoms with Gasteiger partial charge in [0.15, 0.2) is 18.9 Å². The topological polar surface area (TPSA) is 307 Å². The zero-order chi connectivity index (χ0) is 68.9. The van der Waals surface area contributed by atoms with Crippen molar-refractivity contribution in [3.63, 3.8) is 0 Å². The Morgan fingerprint density at radius 2 is 0.663 bits per heavy atom. The molecule has 3 heterocycles. The molecule has 95 heavy (non-hydrogen) atoms. The van der Waals surface area contributed by atoms with Gasteiger partial charge >= 0.3 is 0 Å². The van der Waals surface area contributed by atoms with Crippen LogP contribution in [0.2, 0.25) is 0 Å². The van der Waals surface area contributed by atoms with Gasteiger partial charge in [-0.1, -0.05) is 302 Å². The van der Waals surface area contributed by atoms with Gasteiger partial charge in [0.05, 0.1) is 38.6 Å². The lowest BCUT2D eigenvalue weighted by Gasteiger charge is -2.48. The van der Waals surface area contributed by atoms with E-state index in [1.54, 1.807) is 0 Å². The highest BCUT2D eigenvalue weighted by Crippen LogP contribution is 2.33. The first-order chi connectivity index (χ1) is 46.3. The summed E-state index contributed by atoms with van der Waals surface area (Å²) in [6, 6.07) is -0.883. The van der Waals surface area contributed by atoms with E-state index in [-0.39, 0.29) is 18.9 Å². The summed E-state index contributed by atoms with van der Waals surface area (Å²) >= 11 is 0. The van der Waals surface area contributed by atoms with Gasteiger partial charge in [0.25, 0.3) is 0 Å². The fourth-order valence-corrected chi connectivity index (χ4v) is 13.7. The first-order valence-electron chi connectivity index (χ1n) is 39.4. The number of amides is 1. The third-order valence-electron chi connectivity index (χ3n) is 20.1. The van der Waals surface area contributed by atoms with Crippen molar-refractivity contribution < 1.29 is 89.4 Å². The van der Waals surface area contributed by atoms with E-state index in [4.69, 9.17) is 28.4 Å². The number of aliphatic hydroxyl groups is 11. The number of ether oxygens (including phenoxy) is 6. The maximum absolute atomic E-state index is 13.5. The van der Waals surface area contributed by atoms with Gasteiger partial charge in [0.2, 0.25) is 5.91 Å². The largest absolute Gasteiger partial charge is 0.394 e. The van der Waals surface area contributed by atoms with Crippen LogP contribution in [0.25, 0.3) is 0 Å². The lowest BCUT2D eigenvalue weighted by molar-refractivity contribution is -0.379. The first kappa shape index (κ1) is 87.7. The van der Waals surface area contributed by atoms with E-state index in [1.807, 2.05) is 0 Å². The fraction of sp³-hybridized carbons (Fsp3) is 0.961. The number of hydrogen-bond donors (Lipinski definition) is 12. The molecule has 0 aromatic carbocycles. The quantitative estimate of drug-likeness (QED) is 0.0199. The van der Waals surface area contributed by atoms with Crippen LogP contribution >= 0.6 is 0 Å². The van der Waals surface area contributed by atoms with Crippen LogP contribution in [0.15, 0.2) is 12.2 Å². The number of rotatable bonds is 63. The Hall–Kier alpha value is -1.47. The highest BCUT2D eigenvalue weighted by atomic mass is 16.8. The van der Waals surface area contributed by atoms with Gasteiger partial charge in [0, 0.05) is 6.42 Å². The molecule has 0 saturated carbocycles. The van der Waals surface area contributed by atoms with Crippen LogP contribution in [0.5, 0.6) is 0 Å². The van der Waals surface area contributed by atoms with Gasteiger partial charge in [-0.3, -0.25) is 4.79 Å². The van der Waals surface area contributed by atoms with Crippen LogP contribution in [0, 0.1) is 0 Å². The van der Waals surface area contributed by atoms with Crippen molar-refractivity contribution in [1.82, 2.24) is 5.32 Å². The summed E-state index contributed by atoms with van der Waals surface area (Å²) in [7, 11) is 0. The van der Waals surface area contributed by atoms with Crippen molar-refractivity contribution in [3.8, 4) is 0 Å². The van der Waals surface area contributed by atoms with Gasteiger partial charge in [-0.05, 0) is 38.5 Å². The summed E-state index contributed by atoms with van der Waals surface area (Å²) in [4.78, 5) is 13.5. The summed E-state index contributed by atoms with van der Waals surface area (Å²) in [5, 5.41) is 121. The molecule has 3 aliphatic rings. The molecule has 0 aliphatic carbocycles. The molecule has 0 aromatic rings. The second-order valence-electron chi connectivity index (χ2n) is 28.5. The SMILES string of the molecule is CCCCCCCCCC/C=C\CCCCCCCCCCCCCCCCCCCCCCCCCC(=O)NC(COC1OC(CO)C(OC2OC(CO)C(OC3OC(CO)C(O)C(O)C3O)C(O)C2O)C(O)C1O)C(O)CCCCCCCCCCCCCCCCC. The average Bonchev–Trinajstić information content (AvgIpc) is 0.799. The first-order valence-corrected chi connectivity index (χ1v) is 39.4. The Kier molecular flexibility index (Phi) is 53.6. The van der Waals surface area contributed by atoms with Crippen LogP contribution in [-0.4, -0.2) is 193 Å². The third-order valence-corrected chi connectivity index (χ3v) is 20.1. The minimum atomic E-state index is -1.97. The molecule has 0 aromatic heterocycles. The molecule has 17 unspecified atom stereocenters. The highest BCUT2D eigenvalue weighted by Gasteiger charge is 2.54. The minimum absolute atomic E-state index is 0.235. The van der Waals surface area contributed by atoms with Gasteiger partial charge in [-0.15, -0.1) is 0 Å². The molecule has 12 N–H and O–H groups in total. The summed E-state index contributed by atoms with van der Waals surface area (Å²) in [5.41, 5.74) is 0. The van der Waals surface area contributed by atoms with E-state index >= 15 is 0 Å². The van der Waals surface area contributed by atoms with Crippen LogP contribution < -0.4 is 5.32 Å². The molecule has 3 aliphatic heterocycles. The van der Waals surface area contributed by atoms with E-state index in [2.05, 4.69) is 31.3 Å². The maximum atomic E-state index is 13.5. The summed E-state index contributed by atoms with van der Waals surface area (Å²) in [6.45, 7) is 1.84. The number of unbranched alkanes of at least 4 members (excludes halogenated alkanes) is 45. The molecule has 562 valence electrons. The van der Waals surface area contributed by atoms with Crippen molar-refractivity contribution in [2.45, 2.75) is 439 Å². The van der Waals surface area contributed by atoms with Crippen LogP contribution in [0.4, 0.5) is 0 Å². The van der Waals surface area contributed by atoms with Crippen LogP contribution in [0.1, 0.15) is 335 Å². The van der Waals surface area contributed by atoms with Crippen molar-refractivity contribution in [2.24, 2.45) is 0 Å². The van der Waals surface area contributed by atoms with Gasteiger partial charge in [-0.2, -0.15) is 0 Å². The number of allylic oxidation sites excluding steroid dienone is 2. The number of carbonyl (C=O) groups is 1. The lowest BCUT2D eigenvalue weighted by Crippen LogP contribution is -2.66. The molecule has 19 heteroatoms. The van der Waals surface area contributed by atoms with Gasteiger partial charge in [0.1, 0.15) is 73.2 Å². The number of aliphatic hydroxyl groups excluding tert-OH is 11. The number of carbonyl (C=O) groups excluding carboxylic acids is 1. The maximum Gasteiger partial charge on any atom is 0.220 e. The van der Waals surface area contributed by atoms with E-state index in [9.17, 15) is 61.0 Å². The van der Waals surface area contributed by atoms with Crippen molar-refractivity contribution in [2.75, 3.05) is 26.4 Å². The Labute approximate surface area is 576 Å². The summed E-state index contributed by atoms with van der Waals surface area (Å²) < 4.78 is 34.5. The molecule has 3 fully saturated rings. The molecule has 3 saturated heterocycles. The standard InChI is InChI=1S/C76H145NO18/c1-3-5-7-9-11-13-15-17-19-20-21-22-23-24-25-26-27-28-29-30-31-32-33-34-35-36-37-38-40-42-44-46-48-50-52-54-64(82)77-59(60(81)53-51-49-47-45-43-41-39-18-16-14-12-10-8-6-4-2)58-90-74-70(88)67(85)72(62(56-79)92-74)95-76-71(89)68(86)73(63(57-80)93-76)94-75-69(87)66(84)65(83)61(55-78)91-75/h20-21,59-63,65-76,78-81,83-89H,3-19,22-58H2,1-2H3,(H,77,82)/b21-20-. The predicted molar refractivity (Wildman–Crippen MR) is 374 cm³/mol. The normalized spacial score (nSPS) is 27.2. The second kappa shape index (κ2) is 58.1. The molecule has 0 radical (unpaired) electrons. The van der Waals surface area contributed by atoms with Crippen LogP contribution in [0.3, 0.4) is 0 Å². The molecule has 0 bridgehead atoms. The molecule has 19 nitrogen and oxygen atoms in total. The Morgan fingerprint density at radius 1 is 0.368 bits per heavy atom. The summed E-state index contributed by atoms with van der Waals surface area (Å²) in [6.07, 6.45) is 40.4.